The molecule has 1 saturated heterocycles. The summed E-state index contributed by atoms with van der Waals surface area (Å²) in [5.74, 6) is -0.294. The van der Waals surface area contributed by atoms with Crippen LogP contribution in [0.1, 0.15) is 18.9 Å². The molecular weight excluding hydrogens is 207 g/mol. The number of rotatable bonds is 2. The normalized spacial score (nSPS) is 24.1. The second-order valence-electron chi connectivity index (χ2n) is 3.82. The number of hydrogen-bond donors (Lipinski definition) is 2. The molecule has 2 rings (SSSR count). The minimum Gasteiger partial charge on any atom is -0.323 e. The van der Waals surface area contributed by atoms with Crippen LogP contribution >= 0.6 is 0 Å². The SMILES string of the molecule is C=C1NC(=O)NC1(CC)c1ccc(F)cc1. The molecule has 1 aromatic carbocycles. The standard InChI is InChI=1S/C12H13FN2O/c1-3-12(8(2)14-11(16)15-12)9-4-6-10(13)7-5-9/h4-7H,2-3H2,1H3,(H2,14,15,16). The fourth-order valence-corrected chi connectivity index (χ4v) is 2.03. The van der Waals surface area contributed by atoms with Gasteiger partial charge in [-0.05, 0) is 24.1 Å². The Bertz CT molecular complexity index is 441. The van der Waals surface area contributed by atoms with Crippen LogP contribution in [0.4, 0.5) is 9.18 Å². The minimum absolute atomic E-state index is 0.267. The number of halogens is 1. The zero-order valence-corrected chi connectivity index (χ0v) is 9.01. The summed E-state index contributed by atoms with van der Waals surface area (Å²) in [7, 11) is 0. The second-order valence-corrected chi connectivity index (χ2v) is 3.82. The molecule has 1 aromatic rings. The van der Waals surface area contributed by atoms with Crippen molar-refractivity contribution < 1.29 is 9.18 Å². The molecule has 0 saturated carbocycles. The maximum absolute atomic E-state index is 12.9. The molecule has 16 heavy (non-hydrogen) atoms. The number of nitrogens with one attached hydrogen (secondary N) is 2. The molecule has 1 unspecified atom stereocenters. The van der Waals surface area contributed by atoms with Crippen molar-refractivity contribution in [3.8, 4) is 0 Å². The highest BCUT2D eigenvalue weighted by Gasteiger charge is 2.41. The van der Waals surface area contributed by atoms with Gasteiger partial charge >= 0.3 is 6.03 Å². The lowest BCUT2D eigenvalue weighted by molar-refractivity contribution is 0.244. The van der Waals surface area contributed by atoms with Crippen LogP contribution in [0.5, 0.6) is 0 Å². The van der Waals surface area contributed by atoms with E-state index in [9.17, 15) is 9.18 Å². The van der Waals surface area contributed by atoms with E-state index < -0.39 is 5.54 Å². The molecule has 2 amide bonds. The van der Waals surface area contributed by atoms with E-state index in [1.165, 1.54) is 12.1 Å². The van der Waals surface area contributed by atoms with Crippen molar-refractivity contribution in [2.75, 3.05) is 0 Å². The topological polar surface area (TPSA) is 41.1 Å². The molecule has 2 N–H and O–H groups in total. The van der Waals surface area contributed by atoms with Gasteiger partial charge in [0.15, 0.2) is 0 Å². The van der Waals surface area contributed by atoms with Gasteiger partial charge in [0.1, 0.15) is 11.4 Å². The molecule has 0 spiro atoms. The van der Waals surface area contributed by atoms with Crippen molar-refractivity contribution in [1.82, 2.24) is 10.6 Å². The molecule has 1 aliphatic rings. The van der Waals surface area contributed by atoms with E-state index in [0.29, 0.717) is 12.1 Å². The lowest BCUT2D eigenvalue weighted by Crippen LogP contribution is -2.38. The number of carbonyl (C=O) groups is 1. The molecular formula is C12H13FN2O. The molecule has 0 bridgehead atoms. The first kappa shape index (κ1) is 10.7. The smallest absolute Gasteiger partial charge is 0.320 e. The van der Waals surface area contributed by atoms with Crippen molar-refractivity contribution in [2.24, 2.45) is 0 Å². The van der Waals surface area contributed by atoms with E-state index in [-0.39, 0.29) is 11.8 Å². The Balaban J connectivity index is 2.46. The lowest BCUT2D eigenvalue weighted by Gasteiger charge is -2.28. The highest BCUT2D eigenvalue weighted by molar-refractivity contribution is 5.82. The highest BCUT2D eigenvalue weighted by Crippen LogP contribution is 2.33. The van der Waals surface area contributed by atoms with Gasteiger partial charge in [-0.3, -0.25) is 0 Å². The third-order valence-corrected chi connectivity index (χ3v) is 2.97. The summed E-state index contributed by atoms with van der Waals surface area (Å²) in [6.07, 6.45) is 0.663. The second kappa shape index (κ2) is 3.63. The minimum atomic E-state index is -0.620. The van der Waals surface area contributed by atoms with E-state index in [0.717, 1.165) is 5.56 Å². The van der Waals surface area contributed by atoms with Gasteiger partial charge in [0.2, 0.25) is 0 Å². The van der Waals surface area contributed by atoms with Gasteiger partial charge in [0.05, 0.1) is 0 Å². The van der Waals surface area contributed by atoms with Crippen LogP contribution < -0.4 is 10.6 Å². The first-order chi connectivity index (χ1) is 7.58. The Labute approximate surface area is 93.4 Å². The van der Waals surface area contributed by atoms with Crippen molar-refractivity contribution in [1.29, 1.82) is 0 Å². The number of amides is 2. The third-order valence-electron chi connectivity index (χ3n) is 2.97. The Morgan fingerprint density at radius 1 is 1.38 bits per heavy atom. The molecule has 0 radical (unpaired) electrons. The van der Waals surface area contributed by atoms with E-state index in [4.69, 9.17) is 0 Å². The summed E-state index contributed by atoms with van der Waals surface area (Å²) in [4.78, 5) is 11.3. The number of carbonyl (C=O) groups excluding carboxylic acids is 1. The largest absolute Gasteiger partial charge is 0.323 e. The average molecular weight is 220 g/mol. The maximum atomic E-state index is 12.9. The summed E-state index contributed by atoms with van der Waals surface area (Å²) >= 11 is 0. The number of hydrogen-bond acceptors (Lipinski definition) is 1. The van der Waals surface area contributed by atoms with Crippen molar-refractivity contribution >= 4 is 6.03 Å². The van der Waals surface area contributed by atoms with Crippen molar-refractivity contribution in [2.45, 2.75) is 18.9 Å². The summed E-state index contributed by atoms with van der Waals surface area (Å²) in [6.45, 7) is 5.79. The Kier molecular flexibility index (Phi) is 2.42. The zero-order chi connectivity index (χ0) is 11.8. The first-order valence-electron chi connectivity index (χ1n) is 5.13. The monoisotopic (exact) mass is 220 g/mol. The quantitative estimate of drug-likeness (QED) is 0.788. The highest BCUT2D eigenvalue weighted by atomic mass is 19.1. The van der Waals surface area contributed by atoms with Crippen LogP contribution in [0.25, 0.3) is 0 Å². The van der Waals surface area contributed by atoms with Crippen LogP contribution in [0.2, 0.25) is 0 Å². The molecule has 1 atom stereocenters. The van der Waals surface area contributed by atoms with Gasteiger partial charge in [-0.2, -0.15) is 0 Å². The van der Waals surface area contributed by atoms with Gasteiger partial charge in [-0.25, -0.2) is 9.18 Å². The third kappa shape index (κ3) is 1.46. The summed E-state index contributed by atoms with van der Waals surface area (Å²) in [5.41, 5.74) is 0.816. The maximum Gasteiger partial charge on any atom is 0.320 e. The Morgan fingerprint density at radius 2 is 2.00 bits per heavy atom. The van der Waals surface area contributed by atoms with Gasteiger partial charge in [0, 0.05) is 5.70 Å². The molecule has 0 aliphatic carbocycles. The summed E-state index contributed by atoms with van der Waals surface area (Å²) < 4.78 is 12.9. The fourth-order valence-electron chi connectivity index (χ4n) is 2.03. The zero-order valence-electron chi connectivity index (χ0n) is 9.01. The molecule has 4 heteroatoms. The van der Waals surface area contributed by atoms with Gasteiger partial charge in [-0.1, -0.05) is 25.6 Å². The van der Waals surface area contributed by atoms with Crippen LogP contribution in [-0.2, 0) is 5.54 Å². The molecule has 1 heterocycles. The van der Waals surface area contributed by atoms with E-state index in [1.807, 2.05) is 6.92 Å². The van der Waals surface area contributed by atoms with E-state index >= 15 is 0 Å². The number of urea groups is 1. The van der Waals surface area contributed by atoms with Gasteiger partial charge in [0.25, 0.3) is 0 Å². The predicted octanol–water partition coefficient (Wildman–Crippen LogP) is 2.26. The van der Waals surface area contributed by atoms with Crippen LogP contribution in [0.15, 0.2) is 36.5 Å². The Morgan fingerprint density at radius 3 is 2.44 bits per heavy atom. The Hall–Kier alpha value is -1.84. The van der Waals surface area contributed by atoms with Gasteiger partial charge in [-0.15, -0.1) is 0 Å². The molecule has 3 nitrogen and oxygen atoms in total. The van der Waals surface area contributed by atoms with Crippen LogP contribution in [0.3, 0.4) is 0 Å². The van der Waals surface area contributed by atoms with Crippen LogP contribution in [-0.4, -0.2) is 6.03 Å². The van der Waals surface area contributed by atoms with Crippen LogP contribution in [0, 0.1) is 5.82 Å². The number of benzene rings is 1. The molecule has 1 fully saturated rings. The summed E-state index contributed by atoms with van der Waals surface area (Å²) in [5, 5.41) is 5.46. The molecule has 0 aromatic heterocycles. The first-order valence-corrected chi connectivity index (χ1v) is 5.13. The van der Waals surface area contributed by atoms with Crippen molar-refractivity contribution in [3.63, 3.8) is 0 Å². The fraction of sp³-hybridized carbons (Fsp3) is 0.250. The van der Waals surface area contributed by atoms with Crippen molar-refractivity contribution in [3.05, 3.63) is 47.9 Å². The average Bonchev–Trinajstić information content (AvgIpc) is 2.55. The molecule has 84 valence electrons. The van der Waals surface area contributed by atoms with Gasteiger partial charge < -0.3 is 10.6 Å². The predicted molar refractivity (Wildman–Crippen MR) is 59.2 cm³/mol. The van der Waals surface area contributed by atoms with E-state index in [2.05, 4.69) is 17.2 Å². The molecule has 1 aliphatic heterocycles. The lowest BCUT2D eigenvalue weighted by atomic mass is 9.86. The summed E-state index contributed by atoms with van der Waals surface area (Å²) in [6, 6.07) is 5.82. The van der Waals surface area contributed by atoms with E-state index in [1.54, 1.807) is 12.1 Å².